The molecule has 0 unspecified atom stereocenters. The lowest BCUT2D eigenvalue weighted by Gasteiger charge is -2.16. The second-order valence-electron chi connectivity index (χ2n) is 4.97. The molecule has 124 valence electrons. The highest BCUT2D eigenvalue weighted by molar-refractivity contribution is 7.98. The number of nitrogens with one attached hydrogen (secondary N) is 1. The Bertz CT molecular complexity index is 632. The van der Waals surface area contributed by atoms with Crippen molar-refractivity contribution in [1.29, 1.82) is 0 Å². The van der Waals surface area contributed by atoms with Crippen molar-refractivity contribution in [2.75, 3.05) is 25.7 Å². The van der Waals surface area contributed by atoms with Crippen LogP contribution in [0.1, 0.15) is 16.8 Å². The fraction of sp³-hybridized carbons (Fsp3) is 0.375. The minimum atomic E-state index is -0.245. The molecule has 0 radical (unpaired) electrons. The van der Waals surface area contributed by atoms with E-state index >= 15 is 0 Å². The van der Waals surface area contributed by atoms with Crippen molar-refractivity contribution in [2.45, 2.75) is 12.5 Å². The molecular formula is C16H21N3O3S. The van der Waals surface area contributed by atoms with E-state index in [2.05, 4.69) is 10.4 Å². The molecule has 0 aliphatic heterocycles. The van der Waals surface area contributed by atoms with Crippen molar-refractivity contribution >= 4 is 17.7 Å². The highest BCUT2D eigenvalue weighted by Gasteiger charge is 2.15. The van der Waals surface area contributed by atoms with E-state index in [0.29, 0.717) is 17.0 Å². The van der Waals surface area contributed by atoms with Crippen molar-refractivity contribution in [3.8, 4) is 11.4 Å². The molecule has 7 heteroatoms. The number of hydrogen-bond donors (Lipinski definition) is 2. The van der Waals surface area contributed by atoms with Crippen LogP contribution in [-0.4, -0.2) is 52.6 Å². The SMILES string of the molecule is COc1ccc(C(=O)N[C@H](CO)CCSC)cc1-n1cccn1. The zero-order valence-electron chi connectivity index (χ0n) is 13.2. The zero-order valence-corrected chi connectivity index (χ0v) is 14.0. The van der Waals surface area contributed by atoms with E-state index in [9.17, 15) is 9.90 Å². The van der Waals surface area contributed by atoms with Crippen LogP contribution in [0, 0.1) is 0 Å². The van der Waals surface area contributed by atoms with Crippen LogP contribution in [-0.2, 0) is 0 Å². The summed E-state index contributed by atoms with van der Waals surface area (Å²) in [5.41, 5.74) is 1.19. The van der Waals surface area contributed by atoms with Crippen molar-refractivity contribution in [3.63, 3.8) is 0 Å². The van der Waals surface area contributed by atoms with E-state index in [1.807, 2.05) is 6.26 Å². The monoisotopic (exact) mass is 335 g/mol. The zero-order chi connectivity index (χ0) is 16.7. The lowest BCUT2D eigenvalue weighted by Crippen LogP contribution is -2.38. The Morgan fingerprint density at radius 3 is 2.96 bits per heavy atom. The van der Waals surface area contributed by atoms with Crippen molar-refractivity contribution in [2.24, 2.45) is 0 Å². The summed E-state index contributed by atoms with van der Waals surface area (Å²) in [6, 6.07) is 6.72. The number of hydrogen-bond acceptors (Lipinski definition) is 5. The first-order valence-electron chi connectivity index (χ1n) is 7.28. The molecule has 1 aromatic heterocycles. The van der Waals surface area contributed by atoms with E-state index in [4.69, 9.17) is 4.74 Å². The van der Waals surface area contributed by atoms with Crippen LogP contribution in [0.2, 0.25) is 0 Å². The number of benzene rings is 1. The lowest BCUT2D eigenvalue weighted by atomic mass is 10.1. The molecule has 0 spiro atoms. The van der Waals surface area contributed by atoms with Gasteiger partial charge in [0.15, 0.2) is 0 Å². The van der Waals surface area contributed by atoms with Gasteiger partial charge in [0, 0.05) is 18.0 Å². The maximum atomic E-state index is 12.4. The Hall–Kier alpha value is -1.99. The molecule has 0 saturated carbocycles. The first-order chi connectivity index (χ1) is 11.2. The summed E-state index contributed by atoms with van der Waals surface area (Å²) < 4.78 is 6.97. The standard InChI is InChI=1S/C16H21N3O3S/c1-22-15-5-4-12(10-14(15)19-8-3-7-17-19)16(21)18-13(11-20)6-9-23-2/h3-5,7-8,10,13,20H,6,9,11H2,1-2H3,(H,18,21)/t13-/m0/s1. The number of amides is 1. The number of methoxy groups -OCH3 is 1. The average Bonchev–Trinajstić information content (AvgIpc) is 3.12. The predicted octanol–water partition coefficient (Wildman–Crippen LogP) is 1.72. The summed E-state index contributed by atoms with van der Waals surface area (Å²) in [5, 5.41) is 16.4. The van der Waals surface area contributed by atoms with E-state index in [1.54, 1.807) is 60.2 Å². The van der Waals surface area contributed by atoms with Crippen LogP contribution >= 0.6 is 11.8 Å². The molecule has 0 fully saturated rings. The average molecular weight is 335 g/mol. The third-order valence-corrected chi connectivity index (χ3v) is 4.06. The van der Waals surface area contributed by atoms with Gasteiger partial charge in [0.2, 0.25) is 0 Å². The van der Waals surface area contributed by atoms with E-state index in [-0.39, 0.29) is 18.6 Å². The molecule has 6 nitrogen and oxygen atoms in total. The maximum Gasteiger partial charge on any atom is 0.251 e. The Morgan fingerprint density at radius 2 is 2.35 bits per heavy atom. The quantitative estimate of drug-likeness (QED) is 0.768. The molecule has 0 bridgehead atoms. The van der Waals surface area contributed by atoms with Crippen LogP contribution in [0.15, 0.2) is 36.7 Å². The topological polar surface area (TPSA) is 76.4 Å². The minimum absolute atomic E-state index is 0.0749. The van der Waals surface area contributed by atoms with E-state index < -0.39 is 0 Å². The van der Waals surface area contributed by atoms with Crippen LogP contribution < -0.4 is 10.1 Å². The summed E-state index contributed by atoms with van der Waals surface area (Å²) in [6.45, 7) is -0.0749. The molecule has 2 N–H and O–H groups in total. The fourth-order valence-corrected chi connectivity index (χ4v) is 2.68. The minimum Gasteiger partial charge on any atom is -0.494 e. The Balaban J connectivity index is 2.19. The maximum absolute atomic E-state index is 12.4. The van der Waals surface area contributed by atoms with Gasteiger partial charge in [-0.05, 0) is 42.7 Å². The van der Waals surface area contributed by atoms with Crippen molar-refractivity contribution in [1.82, 2.24) is 15.1 Å². The molecule has 1 amide bonds. The number of rotatable bonds is 8. The fourth-order valence-electron chi connectivity index (χ4n) is 2.16. The smallest absolute Gasteiger partial charge is 0.251 e. The van der Waals surface area contributed by atoms with Gasteiger partial charge in [0.05, 0.1) is 19.8 Å². The molecule has 1 aromatic carbocycles. The predicted molar refractivity (Wildman–Crippen MR) is 91.5 cm³/mol. The molecular weight excluding hydrogens is 314 g/mol. The summed E-state index contributed by atoms with van der Waals surface area (Å²) >= 11 is 1.68. The molecule has 0 aliphatic rings. The molecule has 2 rings (SSSR count). The highest BCUT2D eigenvalue weighted by atomic mass is 32.2. The van der Waals surface area contributed by atoms with E-state index in [0.717, 1.165) is 12.2 Å². The van der Waals surface area contributed by atoms with Crippen LogP contribution in [0.5, 0.6) is 5.75 Å². The van der Waals surface area contributed by atoms with Gasteiger partial charge in [-0.25, -0.2) is 4.68 Å². The highest BCUT2D eigenvalue weighted by Crippen LogP contribution is 2.23. The number of aromatic nitrogens is 2. The van der Waals surface area contributed by atoms with Gasteiger partial charge in [-0.2, -0.15) is 16.9 Å². The van der Waals surface area contributed by atoms with Gasteiger partial charge < -0.3 is 15.2 Å². The number of carbonyl (C=O) groups excluding carboxylic acids is 1. The Kier molecular flexibility index (Phi) is 6.49. The van der Waals surface area contributed by atoms with Gasteiger partial charge in [0.25, 0.3) is 5.91 Å². The molecule has 23 heavy (non-hydrogen) atoms. The first-order valence-corrected chi connectivity index (χ1v) is 8.67. The third kappa shape index (κ3) is 4.49. The van der Waals surface area contributed by atoms with Gasteiger partial charge in [-0.15, -0.1) is 0 Å². The van der Waals surface area contributed by atoms with Crippen LogP contribution in [0.25, 0.3) is 5.69 Å². The Labute approximate surface area is 139 Å². The number of thioether (sulfide) groups is 1. The number of aliphatic hydroxyl groups is 1. The number of carbonyl (C=O) groups is 1. The third-order valence-electron chi connectivity index (χ3n) is 3.42. The molecule has 1 atom stereocenters. The molecule has 0 aliphatic carbocycles. The molecule has 1 heterocycles. The van der Waals surface area contributed by atoms with Crippen molar-refractivity contribution in [3.05, 3.63) is 42.2 Å². The van der Waals surface area contributed by atoms with Crippen LogP contribution in [0.3, 0.4) is 0 Å². The van der Waals surface area contributed by atoms with Gasteiger partial charge in [-0.1, -0.05) is 0 Å². The first kappa shape index (κ1) is 17.4. The van der Waals surface area contributed by atoms with Gasteiger partial charge >= 0.3 is 0 Å². The second-order valence-corrected chi connectivity index (χ2v) is 5.96. The number of ether oxygens (including phenoxy) is 1. The summed E-state index contributed by atoms with van der Waals surface area (Å²) in [5.74, 6) is 1.29. The van der Waals surface area contributed by atoms with Gasteiger partial charge in [0.1, 0.15) is 11.4 Å². The van der Waals surface area contributed by atoms with Crippen LogP contribution in [0.4, 0.5) is 0 Å². The number of nitrogens with zero attached hydrogens (tertiary/aromatic N) is 2. The number of aliphatic hydroxyl groups excluding tert-OH is 1. The Morgan fingerprint density at radius 1 is 1.52 bits per heavy atom. The molecule has 2 aromatic rings. The normalized spacial score (nSPS) is 12.0. The summed E-state index contributed by atoms with van der Waals surface area (Å²) in [6.07, 6.45) is 6.17. The lowest BCUT2D eigenvalue weighted by molar-refractivity contribution is 0.0915. The summed E-state index contributed by atoms with van der Waals surface area (Å²) in [7, 11) is 1.58. The van der Waals surface area contributed by atoms with Crippen molar-refractivity contribution < 1.29 is 14.6 Å². The second kappa shape index (κ2) is 8.59. The largest absolute Gasteiger partial charge is 0.494 e. The molecule has 0 saturated heterocycles. The van der Waals surface area contributed by atoms with Gasteiger partial charge in [-0.3, -0.25) is 4.79 Å². The summed E-state index contributed by atoms with van der Waals surface area (Å²) in [4.78, 5) is 12.4. The van der Waals surface area contributed by atoms with E-state index in [1.165, 1.54) is 0 Å².